The van der Waals surface area contributed by atoms with Crippen LogP contribution in [0.15, 0.2) is 12.1 Å². The first-order chi connectivity index (χ1) is 10.0. The maximum atomic E-state index is 14.3. The Balaban J connectivity index is 2.33. The van der Waals surface area contributed by atoms with E-state index in [1.54, 1.807) is 0 Å². The van der Waals surface area contributed by atoms with Crippen molar-refractivity contribution in [2.24, 2.45) is 5.92 Å². The lowest BCUT2D eigenvalue weighted by Gasteiger charge is -2.32. The Kier molecular flexibility index (Phi) is 5.32. The maximum absolute atomic E-state index is 14.3. The summed E-state index contributed by atoms with van der Waals surface area (Å²) in [6, 6.07) is 2.46. The smallest absolute Gasteiger partial charge is 0.150 e. The van der Waals surface area contributed by atoms with Crippen LogP contribution in [-0.2, 0) is 0 Å². The highest BCUT2D eigenvalue weighted by Crippen LogP contribution is 2.33. The van der Waals surface area contributed by atoms with Crippen molar-refractivity contribution in [1.29, 1.82) is 0 Å². The summed E-state index contributed by atoms with van der Waals surface area (Å²) in [6.07, 6.45) is 5.55. The van der Waals surface area contributed by atoms with Gasteiger partial charge in [0.25, 0.3) is 0 Å². The summed E-state index contributed by atoms with van der Waals surface area (Å²) < 4.78 is 28.6. The largest absolute Gasteiger partial charge is 0.364 e. The van der Waals surface area contributed by atoms with Crippen LogP contribution >= 0.6 is 0 Å². The molecule has 1 aliphatic carbocycles. The van der Waals surface area contributed by atoms with Gasteiger partial charge < -0.3 is 4.90 Å². The van der Waals surface area contributed by atoms with Crippen LogP contribution in [0.3, 0.4) is 0 Å². The zero-order chi connectivity index (χ0) is 15.4. The molecule has 0 saturated heterocycles. The van der Waals surface area contributed by atoms with Crippen LogP contribution in [0.4, 0.5) is 14.5 Å². The first kappa shape index (κ1) is 15.9. The molecular weight excluding hydrogens is 272 g/mol. The summed E-state index contributed by atoms with van der Waals surface area (Å²) in [7, 11) is 0. The lowest BCUT2D eigenvalue weighted by Crippen LogP contribution is -2.36. The van der Waals surface area contributed by atoms with E-state index in [0.29, 0.717) is 18.7 Å². The number of carbonyl (C=O) groups excluding carboxylic acids is 1. The zero-order valence-corrected chi connectivity index (χ0v) is 12.7. The molecule has 0 bridgehead atoms. The minimum absolute atomic E-state index is 0.0353. The third kappa shape index (κ3) is 3.80. The van der Waals surface area contributed by atoms with Gasteiger partial charge in [-0.3, -0.25) is 4.79 Å². The monoisotopic (exact) mass is 295 g/mol. The minimum atomic E-state index is -0.632. The molecule has 0 radical (unpaired) electrons. The molecule has 0 spiro atoms. The van der Waals surface area contributed by atoms with Crippen LogP contribution in [-0.4, -0.2) is 18.9 Å². The number of aldehydes is 1. The number of halogens is 2. The fraction of sp³-hybridized carbons (Fsp3) is 0.588. The quantitative estimate of drug-likeness (QED) is 0.716. The van der Waals surface area contributed by atoms with E-state index in [9.17, 15) is 13.6 Å². The third-order valence-corrected chi connectivity index (χ3v) is 4.18. The summed E-state index contributed by atoms with van der Waals surface area (Å²) in [4.78, 5) is 12.6. The fourth-order valence-corrected chi connectivity index (χ4v) is 3.02. The Hall–Kier alpha value is -1.45. The van der Waals surface area contributed by atoms with E-state index in [0.717, 1.165) is 44.2 Å². The average molecular weight is 295 g/mol. The molecule has 1 fully saturated rings. The van der Waals surface area contributed by atoms with Crippen molar-refractivity contribution >= 4 is 12.0 Å². The molecule has 2 nitrogen and oxygen atoms in total. The fourth-order valence-electron chi connectivity index (χ4n) is 3.02. The Labute approximate surface area is 125 Å². The highest BCUT2D eigenvalue weighted by Gasteiger charge is 2.27. The Morgan fingerprint density at radius 3 is 2.29 bits per heavy atom. The lowest BCUT2D eigenvalue weighted by atomic mass is 10.1. The lowest BCUT2D eigenvalue weighted by molar-refractivity contribution is 0.112. The molecule has 0 unspecified atom stereocenters. The van der Waals surface area contributed by atoms with Gasteiger partial charge in [0.15, 0.2) is 0 Å². The molecule has 21 heavy (non-hydrogen) atoms. The van der Waals surface area contributed by atoms with E-state index in [2.05, 4.69) is 13.8 Å². The number of nitrogens with zero attached hydrogens (tertiary/aromatic N) is 1. The van der Waals surface area contributed by atoms with E-state index >= 15 is 0 Å². The van der Waals surface area contributed by atoms with Crippen LogP contribution in [0.2, 0.25) is 0 Å². The van der Waals surface area contributed by atoms with E-state index in [-0.39, 0.29) is 17.3 Å². The van der Waals surface area contributed by atoms with Crippen LogP contribution in [0.1, 0.15) is 56.3 Å². The zero-order valence-electron chi connectivity index (χ0n) is 12.7. The predicted octanol–water partition coefficient (Wildman–Crippen LogP) is 4.57. The highest BCUT2D eigenvalue weighted by molar-refractivity contribution is 5.76. The molecule has 0 N–H and O–H groups in total. The molecule has 1 aromatic rings. The van der Waals surface area contributed by atoms with Gasteiger partial charge in [-0.15, -0.1) is 0 Å². The van der Waals surface area contributed by atoms with Gasteiger partial charge in [0.1, 0.15) is 23.6 Å². The van der Waals surface area contributed by atoms with Gasteiger partial charge >= 0.3 is 0 Å². The Morgan fingerprint density at radius 1 is 1.24 bits per heavy atom. The molecule has 1 aromatic carbocycles. The van der Waals surface area contributed by atoms with E-state index in [4.69, 9.17) is 0 Å². The molecule has 1 saturated carbocycles. The molecule has 4 heteroatoms. The topological polar surface area (TPSA) is 20.3 Å². The molecule has 2 rings (SSSR count). The number of carbonyl (C=O) groups is 1. The van der Waals surface area contributed by atoms with Crippen molar-refractivity contribution in [3.05, 3.63) is 29.3 Å². The Bertz CT molecular complexity index is 473. The summed E-state index contributed by atoms with van der Waals surface area (Å²) >= 11 is 0. The number of anilines is 1. The van der Waals surface area contributed by atoms with Crippen molar-refractivity contribution in [2.45, 2.75) is 52.0 Å². The molecule has 0 aliphatic heterocycles. The summed E-state index contributed by atoms with van der Waals surface area (Å²) in [6.45, 7) is 4.86. The molecule has 0 amide bonds. The second-order valence-corrected chi connectivity index (χ2v) is 6.27. The van der Waals surface area contributed by atoms with Crippen molar-refractivity contribution in [3.8, 4) is 0 Å². The van der Waals surface area contributed by atoms with Gasteiger partial charge in [-0.2, -0.15) is 0 Å². The van der Waals surface area contributed by atoms with Gasteiger partial charge in [-0.05, 0) is 37.3 Å². The van der Waals surface area contributed by atoms with Crippen molar-refractivity contribution in [3.63, 3.8) is 0 Å². The van der Waals surface area contributed by atoms with E-state index < -0.39 is 11.6 Å². The number of hydrogen-bond acceptors (Lipinski definition) is 2. The summed E-state index contributed by atoms with van der Waals surface area (Å²) in [5.74, 6) is -0.783. The van der Waals surface area contributed by atoms with E-state index in [1.807, 2.05) is 4.90 Å². The third-order valence-electron chi connectivity index (χ3n) is 4.18. The van der Waals surface area contributed by atoms with E-state index in [1.165, 1.54) is 0 Å². The second-order valence-electron chi connectivity index (χ2n) is 6.27. The minimum Gasteiger partial charge on any atom is -0.364 e. The number of rotatable bonds is 6. The van der Waals surface area contributed by atoms with Gasteiger partial charge in [0.2, 0.25) is 0 Å². The summed E-state index contributed by atoms with van der Waals surface area (Å²) in [5.41, 5.74) is 0.0807. The Morgan fingerprint density at radius 2 is 1.81 bits per heavy atom. The van der Waals surface area contributed by atoms with Gasteiger partial charge in [0.05, 0.1) is 0 Å². The normalized spacial score (nSPS) is 15.7. The maximum Gasteiger partial charge on any atom is 0.150 e. The second kappa shape index (κ2) is 7.01. The molecule has 0 atom stereocenters. The average Bonchev–Trinajstić information content (AvgIpc) is 2.94. The molecule has 0 aromatic heterocycles. The molecule has 0 heterocycles. The summed E-state index contributed by atoms with van der Waals surface area (Å²) in [5, 5.41) is 0. The van der Waals surface area contributed by atoms with Crippen LogP contribution < -0.4 is 4.90 Å². The standard InChI is InChI=1S/C17H23F2NO/c1-12(2)7-8-20(14-5-3-4-6-14)17-15(18)9-13(11-21)10-16(17)19/h9-12,14H,3-8H2,1-2H3. The molecule has 116 valence electrons. The van der Waals surface area contributed by atoms with Crippen molar-refractivity contribution in [1.82, 2.24) is 0 Å². The molecule has 1 aliphatic rings. The van der Waals surface area contributed by atoms with Crippen molar-refractivity contribution in [2.75, 3.05) is 11.4 Å². The SMILES string of the molecule is CC(C)CCN(c1c(F)cc(C=O)cc1F)C1CCCC1. The number of hydrogen-bond donors (Lipinski definition) is 0. The first-order valence-corrected chi connectivity index (χ1v) is 7.73. The highest BCUT2D eigenvalue weighted by atomic mass is 19.1. The number of benzene rings is 1. The van der Waals surface area contributed by atoms with Crippen LogP contribution in [0.25, 0.3) is 0 Å². The molecular formula is C17H23F2NO. The van der Waals surface area contributed by atoms with Gasteiger partial charge in [0, 0.05) is 18.2 Å². The van der Waals surface area contributed by atoms with Crippen LogP contribution in [0, 0.1) is 17.6 Å². The first-order valence-electron chi connectivity index (χ1n) is 7.73. The van der Waals surface area contributed by atoms with Crippen molar-refractivity contribution < 1.29 is 13.6 Å². The van der Waals surface area contributed by atoms with Gasteiger partial charge in [-0.25, -0.2) is 8.78 Å². The predicted molar refractivity (Wildman–Crippen MR) is 80.8 cm³/mol. The van der Waals surface area contributed by atoms with Gasteiger partial charge in [-0.1, -0.05) is 26.7 Å². The van der Waals surface area contributed by atoms with Crippen LogP contribution in [0.5, 0.6) is 0 Å².